The molecule has 6 nitrogen and oxygen atoms in total. The predicted octanol–water partition coefficient (Wildman–Crippen LogP) is 5.04. The fourth-order valence-corrected chi connectivity index (χ4v) is 4.98. The molecule has 1 amide bonds. The van der Waals surface area contributed by atoms with Gasteiger partial charge in [0.2, 0.25) is 11.1 Å². The lowest BCUT2D eigenvalue weighted by Gasteiger charge is -2.33. The van der Waals surface area contributed by atoms with Crippen molar-refractivity contribution in [3.05, 3.63) is 95.8 Å². The molecule has 0 saturated carbocycles. The van der Waals surface area contributed by atoms with Crippen LogP contribution in [0.5, 0.6) is 0 Å². The van der Waals surface area contributed by atoms with Crippen molar-refractivity contribution in [2.75, 3.05) is 10.7 Å². The van der Waals surface area contributed by atoms with Crippen LogP contribution in [0.3, 0.4) is 0 Å². The number of anilines is 1. The van der Waals surface area contributed by atoms with E-state index >= 15 is 0 Å². The Morgan fingerprint density at radius 1 is 1.03 bits per heavy atom. The van der Waals surface area contributed by atoms with Gasteiger partial charge < -0.3 is 10.7 Å². The standard InChI is InChI=1S/C25H22FN5OS/c1-2-16-8-6-7-11-20(16)27-24(32)22-21(17-12-14-19(26)15-13-17)30-31-23(28-29-25(31)33-22)18-9-4-3-5-10-18/h3-15,21-22,30H,2H2,1H3,(H,27,32)/t21-,22+/m0/s1. The SMILES string of the molecule is CCc1ccccc1NC(=O)[C@@H]1Sc2nnc(-c3ccccc3)n2N[C@H]1c1ccc(F)cc1. The molecule has 2 heterocycles. The van der Waals surface area contributed by atoms with Crippen molar-refractivity contribution in [1.29, 1.82) is 0 Å². The van der Waals surface area contributed by atoms with Gasteiger partial charge in [-0.1, -0.05) is 79.3 Å². The summed E-state index contributed by atoms with van der Waals surface area (Å²) in [4.78, 5) is 13.5. The number of carbonyl (C=O) groups excluding carboxylic acids is 1. The van der Waals surface area contributed by atoms with Crippen LogP contribution in [0, 0.1) is 5.82 Å². The number of rotatable bonds is 5. The topological polar surface area (TPSA) is 71.8 Å². The Kier molecular flexibility index (Phi) is 5.83. The summed E-state index contributed by atoms with van der Waals surface area (Å²) in [7, 11) is 0. The first-order chi connectivity index (χ1) is 16.1. The molecule has 33 heavy (non-hydrogen) atoms. The van der Waals surface area contributed by atoms with Gasteiger partial charge in [-0.05, 0) is 35.7 Å². The van der Waals surface area contributed by atoms with Crippen LogP contribution in [0.1, 0.15) is 24.1 Å². The zero-order valence-electron chi connectivity index (χ0n) is 17.9. The number of aryl methyl sites for hydroxylation is 1. The molecule has 0 aliphatic carbocycles. The maximum absolute atomic E-state index is 13.6. The van der Waals surface area contributed by atoms with Gasteiger partial charge in [-0.3, -0.25) is 4.79 Å². The Hall–Kier alpha value is -3.65. The van der Waals surface area contributed by atoms with Gasteiger partial charge in [0.25, 0.3) is 0 Å². The smallest absolute Gasteiger partial charge is 0.240 e. The minimum absolute atomic E-state index is 0.154. The van der Waals surface area contributed by atoms with Crippen molar-refractivity contribution < 1.29 is 9.18 Å². The molecule has 5 rings (SSSR count). The highest BCUT2D eigenvalue weighted by atomic mass is 32.2. The minimum Gasteiger partial charge on any atom is -0.325 e. The van der Waals surface area contributed by atoms with E-state index in [1.54, 1.807) is 16.8 Å². The number of aromatic nitrogens is 3. The summed E-state index contributed by atoms with van der Waals surface area (Å²) < 4.78 is 15.4. The summed E-state index contributed by atoms with van der Waals surface area (Å²) in [6.07, 6.45) is 0.808. The summed E-state index contributed by atoms with van der Waals surface area (Å²) >= 11 is 1.34. The van der Waals surface area contributed by atoms with E-state index in [-0.39, 0.29) is 11.7 Å². The number of para-hydroxylation sites is 1. The molecule has 4 aromatic rings. The third-order valence-corrected chi connectivity index (χ3v) is 6.83. The Morgan fingerprint density at radius 2 is 1.76 bits per heavy atom. The van der Waals surface area contributed by atoms with Crippen molar-refractivity contribution in [3.63, 3.8) is 0 Å². The molecule has 0 saturated heterocycles. The molecule has 3 aromatic carbocycles. The molecule has 2 atom stereocenters. The molecule has 0 unspecified atom stereocenters. The Bertz CT molecular complexity index is 1280. The molecule has 1 aromatic heterocycles. The van der Waals surface area contributed by atoms with Crippen molar-refractivity contribution in [2.45, 2.75) is 29.8 Å². The van der Waals surface area contributed by atoms with Crippen LogP contribution in [0.15, 0.2) is 84.0 Å². The average Bonchev–Trinajstić information content (AvgIpc) is 3.27. The van der Waals surface area contributed by atoms with Crippen LogP contribution < -0.4 is 10.7 Å². The Morgan fingerprint density at radius 3 is 2.52 bits per heavy atom. The second-order valence-corrected chi connectivity index (χ2v) is 8.81. The van der Waals surface area contributed by atoms with Crippen LogP contribution >= 0.6 is 11.8 Å². The van der Waals surface area contributed by atoms with Crippen molar-refractivity contribution >= 4 is 23.4 Å². The molecule has 1 aliphatic heterocycles. The van der Waals surface area contributed by atoms with E-state index in [2.05, 4.69) is 27.9 Å². The Balaban J connectivity index is 1.52. The summed E-state index contributed by atoms with van der Waals surface area (Å²) in [6, 6.07) is 23.3. The highest BCUT2D eigenvalue weighted by Crippen LogP contribution is 2.39. The first kappa shape index (κ1) is 21.2. The first-order valence-corrected chi connectivity index (χ1v) is 11.6. The van der Waals surface area contributed by atoms with Gasteiger partial charge in [0.05, 0.1) is 6.04 Å². The second kappa shape index (κ2) is 9.07. The number of fused-ring (bicyclic) bond motifs is 1. The average molecular weight is 460 g/mol. The van der Waals surface area contributed by atoms with Crippen LogP contribution in [-0.4, -0.2) is 26.0 Å². The summed E-state index contributed by atoms with van der Waals surface area (Å²) in [5.41, 5.74) is 6.97. The lowest BCUT2D eigenvalue weighted by Crippen LogP contribution is -2.41. The number of benzene rings is 3. The van der Waals surface area contributed by atoms with Gasteiger partial charge >= 0.3 is 0 Å². The zero-order chi connectivity index (χ0) is 22.8. The van der Waals surface area contributed by atoms with Gasteiger partial charge in [-0.15, -0.1) is 10.2 Å². The molecule has 1 aliphatic rings. The number of thioether (sulfide) groups is 1. The van der Waals surface area contributed by atoms with Crippen LogP contribution in [0.25, 0.3) is 11.4 Å². The third-order valence-electron chi connectivity index (χ3n) is 5.61. The fraction of sp³-hybridized carbons (Fsp3) is 0.160. The highest BCUT2D eigenvalue weighted by molar-refractivity contribution is 8.00. The van der Waals surface area contributed by atoms with Crippen LogP contribution in [0.2, 0.25) is 0 Å². The van der Waals surface area contributed by atoms with Gasteiger partial charge in [0, 0.05) is 11.3 Å². The monoisotopic (exact) mass is 459 g/mol. The van der Waals surface area contributed by atoms with E-state index in [4.69, 9.17) is 0 Å². The van der Waals surface area contributed by atoms with E-state index in [9.17, 15) is 9.18 Å². The largest absolute Gasteiger partial charge is 0.325 e. The van der Waals surface area contributed by atoms with E-state index in [0.29, 0.717) is 11.0 Å². The fourth-order valence-electron chi connectivity index (χ4n) is 3.90. The first-order valence-electron chi connectivity index (χ1n) is 10.7. The van der Waals surface area contributed by atoms with Gasteiger partial charge in [-0.25, -0.2) is 9.07 Å². The molecule has 0 fully saturated rings. The molecule has 0 bridgehead atoms. The molecular weight excluding hydrogens is 437 g/mol. The lowest BCUT2D eigenvalue weighted by molar-refractivity contribution is -0.116. The van der Waals surface area contributed by atoms with E-state index in [1.807, 2.05) is 54.6 Å². The van der Waals surface area contributed by atoms with Gasteiger partial charge in [0.1, 0.15) is 11.1 Å². The normalized spacial score (nSPS) is 17.2. The van der Waals surface area contributed by atoms with Gasteiger partial charge in [-0.2, -0.15) is 0 Å². The molecule has 0 radical (unpaired) electrons. The molecular formula is C25H22FN5OS. The number of carbonyl (C=O) groups is 1. The van der Waals surface area contributed by atoms with Crippen molar-refractivity contribution in [2.24, 2.45) is 0 Å². The van der Waals surface area contributed by atoms with E-state index < -0.39 is 11.3 Å². The number of halogens is 1. The third kappa shape index (κ3) is 4.21. The maximum atomic E-state index is 13.6. The predicted molar refractivity (Wildman–Crippen MR) is 128 cm³/mol. The number of nitrogens with zero attached hydrogens (tertiary/aromatic N) is 3. The quantitative estimate of drug-likeness (QED) is 0.437. The Labute approximate surface area is 195 Å². The molecule has 166 valence electrons. The van der Waals surface area contributed by atoms with Gasteiger partial charge in [0.15, 0.2) is 5.82 Å². The molecule has 2 N–H and O–H groups in total. The summed E-state index contributed by atoms with van der Waals surface area (Å²) in [6.45, 7) is 2.05. The number of amides is 1. The number of hydrogen-bond donors (Lipinski definition) is 2. The number of hydrogen-bond acceptors (Lipinski definition) is 5. The summed E-state index contributed by atoms with van der Waals surface area (Å²) in [5.74, 6) is 0.175. The van der Waals surface area contributed by atoms with E-state index in [1.165, 1.54) is 23.9 Å². The highest BCUT2D eigenvalue weighted by Gasteiger charge is 2.38. The molecule has 0 spiro atoms. The van der Waals surface area contributed by atoms with Crippen molar-refractivity contribution in [1.82, 2.24) is 14.9 Å². The summed E-state index contributed by atoms with van der Waals surface area (Å²) in [5, 5.41) is 11.8. The van der Waals surface area contributed by atoms with Crippen LogP contribution in [0.4, 0.5) is 10.1 Å². The molecule has 8 heteroatoms. The second-order valence-electron chi connectivity index (χ2n) is 7.70. The lowest BCUT2D eigenvalue weighted by atomic mass is 10.0. The number of nitrogens with one attached hydrogen (secondary N) is 2. The van der Waals surface area contributed by atoms with Crippen molar-refractivity contribution in [3.8, 4) is 11.4 Å². The van der Waals surface area contributed by atoms with E-state index in [0.717, 1.165) is 28.8 Å². The van der Waals surface area contributed by atoms with Crippen LogP contribution in [-0.2, 0) is 11.2 Å². The maximum Gasteiger partial charge on any atom is 0.240 e. The zero-order valence-corrected chi connectivity index (χ0v) is 18.7. The minimum atomic E-state index is -0.541.